The van der Waals surface area contributed by atoms with Crippen molar-refractivity contribution >= 4 is 0 Å². The fourth-order valence-electron chi connectivity index (χ4n) is 4.14. The SMILES string of the molecule is CC(NCC1(N(C)C)CCCC1)c1ccc2c(c1)CCC2. The molecule has 2 heteroatoms. The van der Waals surface area contributed by atoms with Crippen molar-refractivity contribution in [3.63, 3.8) is 0 Å². The molecule has 1 atom stereocenters. The van der Waals surface area contributed by atoms with Crippen molar-refractivity contribution < 1.29 is 0 Å². The molecule has 3 rings (SSSR count). The van der Waals surface area contributed by atoms with Gasteiger partial charge in [-0.25, -0.2) is 0 Å². The number of nitrogens with zero attached hydrogens (tertiary/aromatic N) is 1. The van der Waals surface area contributed by atoms with Gasteiger partial charge in [-0.05, 0) is 69.8 Å². The minimum atomic E-state index is 0.380. The molecule has 1 saturated carbocycles. The minimum absolute atomic E-state index is 0.380. The molecule has 0 bridgehead atoms. The number of fused-ring (bicyclic) bond motifs is 1. The predicted octanol–water partition coefficient (Wildman–Crippen LogP) is 3.70. The molecule has 0 saturated heterocycles. The Morgan fingerprint density at radius 3 is 2.52 bits per heavy atom. The van der Waals surface area contributed by atoms with Crippen LogP contribution < -0.4 is 5.32 Å². The summed E-state index contributed by atoms with van der Waals surface area (Å²) in [5, 5.41) is 3.81. The fraction of sp³-hybridized carbons (Fsp3) is 0.684. The zero-order chi connectivity index (χ0) is 14.9. The summed E-state index contributed by atoms with van der Waals surface area (Å²) in [6, 6.07) is 7.58. The third kappa shape index (κ3) is 3.02. The van der Waals surface area contributed by atoms with E-state index in [4.69, 9.17) is 0 Å². The molecule has 0 aliphatic heterocycles. The van der Waals surface area contributed by atoms with Crippen molar-refractivity contribution in [1.29, 1.82) is 0 Å². The highest BCUT2D eigenvalue weighted by Crippen LogP contribution is 2.34. The molecule has 0 spiro atoms. The lowest BCUT2D eigenvalue weighted by atomic mass is 9.94. The molecular formula is C19H30N2. The van der Waals surface area contributed by atoms with E-state index < -0.39 is 0 Å². The van der Waals surface area contributed by atoms with Gasteiger partial charge < -0.3 is 10.2 Å². The lowest BCUT2D eigenvalue weighted by molar-refractivity contribution is 0.150. The van der Waals surface area contributed by atoms with Gasteiger partial charge >= 0.3 is 0 Å². The van der Waals surface area contributed by atoms with Crippen LogP contribution in [0.4, 0.5) is 0 Å². The monoisotopic (exact) mass is 286 g/mol. The Balaban J connectivity index is 1.65. The number of rotatable bonds is 5. The van der Waals surface area contributed by atoms with Gasteiger partial charge in [-0.15, -0.1) is 0 Å². The molecule has 0 aromatic heterocycles. The van der Waals surface area contributed by atoms with Crippen molar-refractivity contribution in [2.45, 2.75) is 63.5 Å². The van der Waals surface area contributed by atoms with E-state index in [0.29, 0.717) is 11.6 Å². The van der Waals surface area contributed by atoms with Gasteiger partial charge in [0.25, 0.3) is 0 Å². The van der Waals surface area contributed by atoms with Crippen molar-refractivity contribution in [3.05, 3.63) is 34.9 Å². The van der Waals surface area contributed by atoms with Crippen LogP contribution in [0.2, 0.25) is 0 Å². The Kier molecular flexibility index (Phi) is 4.37. The summed E-state index contributed by atoms with van der Waals surface area (Å²) in [5.74, 6) is 0. The minimum Gasteiger partial charge on any atom is -0.308 e. The summed E-state index contributed by atoms with van der Waals surface area (Å²) in [7, 11) is 4.49. The van der Waals surface area contributed by atoms with Crippen molar-refractivity contribution in [1.82, 2.24) is 10.2 Å². The first-order valence-electron chi connectivity index (χ1n) is 8.63. The average Bonchev–Trinajstić information content (AvgIpc) is 3.13. The largest absolute Gasteiger partial charge is 0.308 e. The molecule has 0 heterocycles. The zero-order valence-electron chi connectivity index (χ0n) is 13.9. The molecule has 2 nitrogen and oxygen atoms in total. The third-order valence-electron chi connectivity index (χ3n) is 5.84. The average molecular weight is 286 g/mol. The highest BCUT2D eigenvalue weighted by atomic mass is 15.2. The maximum Gasteiger partial charge on any atom is 0.0328 e. The van der Waals surface area contributed by atoms with E-state index in [1.54, 1.807) is 11.1 Å². The molecule has 1 fully saturated rings. The zero-order valence-corrected chi connectivity index (χ0v) is 13.9. The van der Waals surface area contributed by atoms with Crippen LogP contribution in [0.25, 0.3) is 0 Å². The number of likely N-dealkylation sites (N-methyl/N-ethyl adjacent to an activating group) is 1. The van der Waals surface area contributed by atoms with Crippen LogP contribution >= 0.6 is 0 Å². The van der Waals surface area contributed by atoms with E-state index in [2.05, 4.69) is 49.4 Å². The molecule has 1 N–H and O–H groups in total. The Morgan fingerprint density at radius 1 is 1.10 bits per heavy atom. The lowest BCUT2D eigenvalue weighted by Crippen LogP contribution is -2.50. The molecule has 21 heavy (non-hydrogen) atoms. The second kappa shape index (κ2) is 6.10. The summed E-state index contributed by atoms with van der Waals surface area (Å²) < 4.78 is 0. The predicted molar refractivity (Wildman–Crippen MR) is 89.8 cm³/mol. The summed E-state index contributed by atoms with van der Waals surface area (Å²) >= 11 is 0. The first kappa shape index (κ1) is 15.1. The van der Waals surface area contributed by atoms with Crippen LogP contribution in [0.1, 0.15) is 61.8 Å². The van der Waals surface area contributed by atoms with Crippen LogP contribution in [0.15, 0.2) is 18.2 Å². The molecule has 0 radical (unpaired) electrons. The van der Waals surface area contributed by atoms with E-state index in [0.717, 1.165) is 6.54 Å². The first-order valence-corrected chi connectivity index (χ1v) is 8.63. The summed E-state index contributed by atoms with van der Waals surface area (Å²) in [5.41, 5.74) is 5.00. The third-order valence-corrected chi connectivity index (χ3v) is 5.84. The lowest BCUT2D eigenvalue weighted by Gasteiger charge is -2.37. The molecule has 1 aromatic rings. The first-order chi connectivity index (χ1) is 10.1. The smallest absolute Gasteiger partial charge is 0.0328 e. The number of benzene rings is 1. The van der Waals surface area contributed by atoms with Gasteiger partial charge in [0.15, 0.2) is 0 Å². The van der Waals surface area contributed by atoms with Gasteiger partial charge in [-0.2, -0.15) is 0 Å². The number of hydrogen-bond acceptors (Lipinski definition) is 2. The molecule has 1 unspecified atom stereocenters. The summed E-state index contributed by atoms with van der Waals surface area (Å²) in [6.07, 6.45) is 9.33. The van der Waals surface area contributed by atoms with Gasteiger partial charge in [0.2, 0.25) is 0 Å². The van der Waals surface area contributed by atoms with E-state index in [1.165, 1.54) is 50.5 Å². The number of hydrogen-bond donors (Lipinski definition) is 1. The second-order valence-corrected chi connectivity index (χ2v) is 7.31. The second-order valence-electron chi connectivity index (χ2n) is 7.31. The van der Waals surface area contributed by atoms with E-state index in [-0.39, 0.29) is 0 Å². The maximum absolute atomic E-state index is 3.81. The summed E-state index contributed by atoms with van der Waals surface area (Å²) in [4.78, 5) is 2.45. The Labute approximate surface area is 129 Å². The van der Waals surface area contributed by atoms with Crippen molar-refractivity contribution in [3.8, 4) is 0 Å². The molecular weight excluding hydrogens is 256 g/mol. The van der Waals surface area contributed by atoms with E-state index >= 15 is 0 Å². The van der Waals surface area contributed by atoms with Crippen molar-refractivity contribution in [2.24, 2.45) is 0 Å². The van der Waals surface area contributed by atoms with Crippen LogP contribution in [0.3, 0.4) is 0 Å². The quantitative estimate of drug-likeness (QED) is 0.888. The summed E-state index contributed by atoms with van der Waals surface area (Å²) in [6.45, 7) is 3.42. The highest BCUT2D eigenvalue weighted by molar-refractivity contribution is 5.36. The molecule has 1 aromatic carbocycles. The van der Waals surface area contributed by atoms with Crippen LogP contribution in [0, 0.1) is 0 Å². The van der Waals surface area contributed by atoms with E-state index in [9.17, 15) is 0 Å². The number of aryl methyl sites for hydroxylation is 2. The standard InChI is InChI=1S/C19H30N2/c1-15(17-10-9-16-7-6-8-18(16)13-17)20-14-19(21(2)3)11-4-5-12-19/h9-10,13,15,20H,4-8,11-12,14H2,1-3H3. The maximum atomic E-state index is 3.81. The van der Waals surface area contributed by atoms with Crippen LogP contribution in [-0.4, -0.2) is 31.1 Å². The molecule has 2 aliphatic carbocycles. The Morgan fingerprint density at radius 2 is 1.81 bits per heavy atom. The van der Waals surface area contributed by atoms with Gasteiger partial charge in [-0.3, -0.25) is 0 Å². The molecule has 2 aliphatic rings. The topological polar surface area (TPSA) is 15.3 Å². The van der Waals surface area contributed by atoms with Gasteiger partial charge in [0.1, 0.15) is 0 Å². The Bertz CT molecular complexity index is 486. The van der Waals surface area contributed by atoms with Gasteiger partial charge in [0.05, 0.1) is 0 Å². The van der Waals surface area contributed by atoms with Crippen LogP contribution in [-0.2, 0) is 12.8 Å². The Hall–Kier alpha value is -0.860. The van der Waals surface area contributed by atoms with E-state index in [1.807, 2.05) is 0 Å². The number of nitrogens with one attached hydrogen (secondary N) is 1. The van der Waals surface area contributed by atoms with Crippen LogP contribution in [0.5, 0.6) is 0 Å². The fourth-order valence-corrected chi connectivity index (χ4v) is 4.14. The highest BCUT2D eigenvalue weighted by Gasteiger charge is 2.35. The molecule has 116 valence electrons. The normalized spacial score (nSPS) is 21.7. The van der Waals surface area contributed by atoms with Gasteiger partial charge in [-0.1, -0.05) is 31.0 Å². The molecule has 0 amide bonds. The van der Waals surface area contributed by atoms with Gasteiger partial charge in [0, 0.05) is 18.1 Å². The van der Waals surface area contributed by atoms with Crippen molar-refractivity contribution in [2.75, 3.05) is 20.6 Å².